The van der Waals surface area contributed by atoms with E-state index in [0.29, 0.717) is 17.5 Å². The molecule has 5 nitrogen and oxygen atoms in total. The van der Waals surface area contributed by atoms with E-state index in [0.717, 1.165) is 16.5 Å². The predicted octanol–water partition coefficient (Wildman–Crippen LogP) is 2.68. The van der Waals surface area contributed by atoms with Gasteiger partial charge in [0.2, 0.25) is 5.91 Å². The summed E-state index contributed by atoms with van der Waals surface area (Å²) in [5.41, 5.74) is 9.81. The summed E-state index contributed by atoms with van der Waals surface area (Å²) in [4.78, 5) is 28.9. The van der Waals surface area contributed by atoms with Gasteiger partial charge in [-0.15, -0.1) is 0 Å². The van der Waals surface area contributed by atoms with Crippen LogP contribution >= 0.6 is 0 Å². The number of carbonyl (C=O) groups excluding carboxylic acids is 2. The van der Waals surface area contributed by atoms with E-state index in [2.05, 4.69) is 10.3 Å². The summed E-state index contributed by atoms with van der Waals surface area (Å²) in [6.07, 6.45) is 1.99. The van der Waals surface area contributed by atoms with Crippen LogP contribution < -0.4 is 11.1 Å². The van der Waals surface area contributed by atoms with E-state index in [4.69, 9.17) is 5.73 Å². The standard InChI is InChI=1S/C21H21N3O2/c1-13-8-9-15(11-14(13)2)12-18(20(22)25)24-21(26)17-7-3-5-16-6-4-10-23-19(16)17/h3-11,18H,12H2,1-2H3,(H2,22,25)(H,24,26)/t18-/m1/s1. The molecule has 0 spiro atoms. The quantitative estimate of drug-likeness (QED) is 0.744. The molecule has 2 amide bonds. The predicted molar refractivity (Wildman–Crippen MR) is 102 cm³/mol. The zero-order valence-electron chi connectivity index (χ0n) is 14.8. The van der Waals surface area contributed by atoms with Crippen molar-refractivity contribution in [2.45, 2.75) is 26.3 Å². The van der Waals surface area contributed by atoms with Gasteiger partial charge in [0.1, 0.15) is 6.04 Å². The van der Waals surface area contributed by atoms with Gasteiger partial charge in [0.15, 0.2) is 0 Å². The Balaban J connectivity index is 1.84. The minimum Gasteiger partial charge on any atom is -0.368 e. The minimum absolute atomic E-state index is 0.348. The van der Waals surface area contributed by atoms with E-state index in [1.54, 1.807) is 18.3 Å². The third-order valence-corrected chi connectivity index (χ3v) is 4.54. The Morgan fingerprint density at radius 2 is 1.85 bits per heavy atom. The van der Waals surface area contributed by atoms with E-state index in [1.807, 2.05) is 50.2 Å². The largest absolute Gasteiger partial charge is 0.368 e. The number of amides is 2. The highest BCUT2D eigenvalue weighted by Gasteiger charge is 2.21. The molecule has 0 unspecified atom stereocenters. The van der Waals surface area contributed by atoms with Crippen molar-refractivity contribution in [3.05, 3.63) is 77.0 Å². The minimum atomic E-state index is -0.788. The molecule has 1 atom stereocenters. The van der Waals surface area contributed by atoms with Gasteiger partial charge in [0.25, 0.3) is 5.91 Å². The molecule has 3 N–H and O–H groups in total. The van der Waals surface area contributed by atoms with Crippen LogP contribution in [0.3, 0.4) is 0 Å². The average molecular weight is 347 g/mol. The normalized spacial score (nSPS) is 11.9. The molecule has 0 bridgehead atoms. The second-order valence-corrected chi connectivity index (χ2v) is 6.43. The van der Waals surface area contributed by atoms with Gasteiger partial charge in [0.05, 0.1) is 11.1 Å². The lowest BCUT2D eigenvalue weighted by Crippen LogP contribution is -2.45. The summed E-state index contributed by atoms with van der Waals surface area (Å²) in [5, 5.41) is 3.62. The van der Waals surface area contributed by atoms with Crippen LogP contribution in [0.4, 0.5) is 0 Å². The van der Waals surface area contributed by atoms with E-state index >= 15 is 0 Å². The third kappa shape index (κ3) is 3.72. The van der Waals surface area contributed by atoms with Crippen molar-refractivity contribution in [3.8, 4) is 0 Å². The Bertz CT molecular complexity index is 977. The molecule has 0 aliphatic rings. The van der Waals surface area contributed by atoms with Gasteiger partial charge in [-0.3, -0.25) is 14.6 Å². The summed E-state index contributed by atoms with van der Waals surface area (Å²) >= 11 is 0. The second-order valence-electron chi connectivity index (χ2n) is 6.43. The van der Waals surface area contributed by atoms with Crippen LogP contribution in [0, 0.1) is 13.8 Å². The van der Waals surface area contributed by atoms with E-state index in [9.17, 15) is 9.59 Å². The third-order valence-electron chi connectivity index (χ3n) is 4.54. The first-order valence-electron chi connectivity index (χ1n) is 8.46. The van der Waals surface area contributed by atoms with Crippen molar-refractivity contribution in [2.75, 3.05) is 0 Å². The van der Waals surface area contributed by atoms with Crippen molar-refractivity contribution in [2.24, 2.45) is 5.73 Å². The second kappa shape index (κ2) is 7.35. The number of nitrogens with zero attached hydrogens (tertiary/aromatic N) is 1. The molecular weight excluding hydrogens is 326 g/mol. The van der Waals surface area contributed by atoms with Gasteiger partial charge in [0, 0.05) is 18.0 Å². The zero-order chi connectivity index (χ0) is 18.7. The number of rotatable bonds is 5. The van der Waals surface area contributed by atoms with Gasteiger partial charge < -0.3 is 11.1 Å². The smallest absolute Gasteiger partial charge is 0.254 e. The first-order valence-corrected chi connectivity index (χ1v) is 8.46. The Kier molecular flexibility index (Phi) is 4.98. The summed E-state index contributed by atoms with van der Waals surface area (Å²) < 4.78 is 0. The van der Waals surface area contributed by atoms with Crippen LogP contribution in [-0.2, 0) is 11.2 Å². The fraction of sp³-hybridized carbons (Fsp3) is 0.190. The number of fused-ring (bicyclic) bond motifs is 1. The molecular formula is C21H21N3O2. The molecule has 0 aliphatic carbocycles. The van der Waals surface area contributed by atoms with Gasteiger partial charge in [-0.25, -0.2) is 0 Å². The number of primary amides is 1. The van der Waals surface area contributed by atoms with Crippen molar-refractivity contribution >= 4 is 22.7 Å². The molecule has 132 valence electrons. The summed E-state index contributed by atoms with van der Waals surface area (Å²) in [5.74, 6) is -0.924. The van der Waals surface area contributed by atoms with E-state index in [1.165, 1.54) is 5.56 Å². The van der Waals surface area contributed by atoms with E-state index in [-0.39, 0.29) is 5.91 Å². The molecule has 0 saturated heterocycles. The molecule has 5 heteroatoms. The zero-order valence-corrected chi connectivity index (χ0v) is 14.8. The number of para-hydroxylation sites is 1. The lowest BCUT2D eigenvalue weighted by atomic mass is 10.00. The Morgan fingerprint density at radius 3 is 2.58 bits per heavy atom. The van der Waals surface area contributed by atoms with E-state index < -0.39 is 11.9 Å². The van der Waals surface area contributed by atoms with Crippen LogP contribution in [0.15, 0.2) is 54.7 Å². The number of aryl methyl sites for hydroxylation is 2. The van der Waals surface area contributed by atoms with Crippen molar-refractivity contribution in [1.82, 2.24) is 10.3 Å². The maximum absolute atomic E-state index is 12.7. The van der Waals surface area contributed by atoms with Crippen molar-refractivity contribution in [3.63, 3.8) is 0 Å². The lowest BCUT2D eigenvalue weighted by molar-refractivity contribution is -0.119. The molecule has 3 aromatic rings. The maximum Gasteiger partial charge on any atom is 0.254 e. The monoisotopic (exact) mass is 347 g/mol. The molecule has 1 heterocycles. The number of aromatic nitrogens is 1. The van der Waals surface area contributed by atoms with Gasteiger partial charge in [-0.2, -0.15) is 0 Å². The highest BCUT2D eigenvalue weighted by atomic mass is 16.2. The highest BCUT2D eigenvalue weighted by Crippen LogP contribution is 2.17. The van der Waals surface area contributed by atoms with Crippen molar-refractivity contribution in [1.29, 1.82) is 0 Å². The van der Waals surface area contributed by atoms with Gasteiger partial charge in [-0.1, -0.05) is 36.4 Å². The number of hydrogen-bond acceptors (Lipinski definition) is 3. The van der Waals surface area contributed by atoms with Crippen LogP contribution in [0.1, 0.15) is 27.0 Å². The SMILES string of the molecule is Cc1ccc(C[C@@H](NC(=O)c2cccc3cccnc23)C(N)=O)cc1C. The molecule has 0 radical (unpaired) electrons. The van der Waals surface area contributed by atoms with Crippen LogP contribution in [-0.4, -0.2) is 22.8 Å². The van der Waals surface area contributed by atoms with Crippen LogP contribution in [0.5, 0.6) is 0 Å². The van der Waals surface area contributed by atoms with Gasteiger partial charge >= 0.3 is 0 Å². The molecule has 0 saturated carbocycles. The lowest BCUT2D eigenvalue weighted by Gasteiger charge is -2.17. The van der Waals surface area contributed by atoms with Gasteiger partial charge in [-0.05, 0) is 42.7 Å². The Morgan fingerprint density at radius 1 is 1.08 bits per heavy atom. The number of benzene rings is 2. The Labute approximate surface area is 152 Å². The molecule has 1 aromatic heterocycles. The fourth-order valence-corrected chi connectivity index (χ4v) is 2.91. The highest BCUT2D eigenvalue weighted by molar-refractivity contribution is 6.06. The number of pyridine rings is 1. The van der Waals surface area contributed by atoms with Crippen molar-refractivity contribution < 1.29 is 9.59 Å². The molecule has 3 rings (SSSR count). The first kappa shape index (κ1) is 17.6. The number of nitrogens with one attached hydrogen (secondary N) is 1. The molecule has 26 heavy (non-hydrogen) atoms. The average Bonchev–Trinajstić information content (AvgIpc) is 2.63. The fourth-order valence-electron chi connectivity index (χ4n) is 2.91. The number of hydrogen-bond donors (Lipinski definition) is 2. The molecule has 0 fully saturated rings. The first-order chi connectivity index (χ1) is 12.5. The van der Waals surface area contributed by atoms with Crippen LogP contribution in [0.2, 0.25) is 0 Å². The Hall–Kier alpha value is -3.21. The molecule has 0 aliphatic heterocycles. The topological polar surface area (TPSA) is 85.1 Å². The van der Waals surface area contributed by atoms with Crippen LogP contribution in [0.25, 0.3) is 10.9 Å². The number of carbonyl (C=O) groups is 2. The summed E-state index contributed by atoms with van der Waals surface area (Å²) in [6, 6.07) is 14.2. The summed E-state index contributed by atoms with van der Waals surface area (Å²) in [7, 11) is 0. The summed E-state index contributed by atoms with van der Waals surface area (Å²) in [6.45, 7) is 4.04. The molecule has 2 aromatic carbocycles. The number of nitrogens with two attached hydrogens (primary N) is 1. The maximum atomic E-state index is 12.7.